The van der Waals surface area contributed by atoms with Crippen LogP contribution in [-0.2, 0) is 9.53 Å². The van der Waals surface area contributed by atoms with E-state index in [0.717, 1.165) is 0 Å². The van der Waals surface area contributed by atoms with Crippen molar-refractivity contribution < 1.29 is 22.7 Å². The number of hydrogen-bond donors (Lipinski definition) is 1. The molecule has 0 rings (SSSR count). The molecular formula is C11H21F3N2O2. The number of alkyl halides is 3. The largest absolute Gasteiger partial charge is 0.468 e. The van der Waals surface area contributed by atoms with E-state index in [1.807, 2.05) is 6.92 Å². The van der Waals surface area contributed by atoms with Gasteiger partial charge in [-0.1, -0.05) is 6.92 Å². The predicted molar refractivity (Wildman–Crippen MR) is 62.3 cm³/mol. The zero-order valence-corrected chi connectivity index (χ0v) is 11.2. The van der Waals surface area contributed by atoms with Gasteiger partial charge in [0.25, 0.3) is 0 Å². The molecule has 18 heavy (non-hydrogen) atoms. The molecule has 0 aromatic heterocycles. The molecule has 0 aliphatic rings. The van der Waals surface area contributed by atoms with Crippen molar-refractivity contribution in [2.45, 2.75) is 32.0 Å². The molecule has 0 heterocycles. The lowest BCUT2D eigenvalue weighted by molar-refractivity contribution is -0.149. The lowest BCUT2D eigenvalue weighted by atomic mass is 10.0. The van der Waals surface area contributed by atoms with E-state index < -0.39 is 24.1 Å². The summed E-state index contributed by atoms with van der Waals surface area (Å²) in [7, 11) is 2.80. The minimum atomic E-state index is -4.19. The van der Waals surface area contributed by atoms with E-state index in [9.17, 15) is 18.0 Å². The van der Waals surface area contributed by atoms with Gasteiger partial charge >= 0.3 is 12.1 Å². The summed E-state index contributed by atoms with van der Waals surface area (Å²) < 4.78 is 40.9. The highest BCUT2D eigenvalue weighted by Crippen LogP contribution is 2.20. The zero-order valence-electron chi connectivity index (χ0n) is 11.2. The zero-order chi connectivity index (χ0) is 14.4. The van der Waals surface area contributed by atoms with Crippen LogP contribution in [0, 0.1) is 0 Å². The van der Waals surface area contributed by atoms with Crippen molar-refractivity contribution >= 4 is 5.97 Å². The first-order valence-corrected chi connectivity index (χ1v) is 5.73. The fraction of sp³-hybridized carbons (Fsp3) is 0.909. The van der Waals surface area contributed by atoms with Gasteiger partial charge in [0.05, 0.1) is 13.5 Å². The number of nitrogens with one attached hydrogen (secondary N) is 1. The van der Waals surface area contributed by atoms with Gasteiger partial charge in [-0.3, -0.25) is 4.79 Å². The van der Waals surface area contributed by atoms with Gasteiger partial charge in [0.15, 0.2) is 0 Å². The first-order valence-electron chi connectivity index (χ1n) is 5.73. The lowest BCUT2D eigenvalue weighted by Crippen LogP contribution is -2.57. The van der Waals surface area contributed by atoms with E-state index in [0.29, 0.717) is 6.54 Å². The van der Waals surface area contributed by atoms with Gasteiger partial charge in [-0.15, -0.1) is 0 Å². The van der Waals surface area contributed by atoms with Crippen LogP contribution in [0.1, 0.15) is 20.3 Å². The maximum atomic E-state index is 12.1. The highest BCUT2D eigenvalue weighted by molar-refractivity contribution is 5.80. The molecule has 1 unspecified atom stereocenters. The van der Waals surface area contributed by atoms with Crippen molar-refractivity contribution in [3.63, 3.8) is 0 Å². The summed E-state index contributed by atoms with van der Waals surface area (Å²) in [4.78, 5) is 13.1. The second-order valence-corrected chi connectivity index (χ2v) is 4.46. The molecule has 0 spiro atoms. The third kappa shape index (κ3) is 6.20. The topological polar surface area (TPSA) is 41.6 Å². The normalized spacial score (nSPS) is 15.6. The molecule has 0 aliphatic heterocycles. The number of carbonyl (C=O) groups is 1. The Hall–Kier alpha value is -0.820. The van der Waals surface area contributed by atoms with Crippen molar-refractivity contribution in [2.24, 2.45) is 0 Å². The van der Waals surface area contributed by atoms with Gasteiger partial charge in [-0.25, -0.2) is 0 Å². The molecule has 1 atom stereocenters. The maximum absolute atomic E-state index is 12.1. The third-order valence-electron chi connectivity index (χ3n) is 2.57. The summed E-state index contributed by atoms with van der Waals surface area (Å²) in [5.41, 5.74) is -0.996. The Kier molecular flexibility index (Phi) is 6.62. The van der Waals surface area contributed by atoms with Crippen LogP contribution in [0.25, 0.3) is 0 Å². The lowest BCUT2D eigenvalue weighted by Gasteiger charge is -2.32. The van der Waals surface area contributed by atoms with Gasteiger partial charge in [-0.2, -0.15) is 13.2 Å². The highest BCUT2D eigenvalue weighted by Gasteiger charge is 2.35. The molecule has 0 bridgehead atoms. The molecule has 0 aromatic carbocycles. The molecule has 4 nitrogen and oxygen atoms in total. The first kappa shape index (κ1) is 17.2. The Balaban J connectivity index is 4.45. The molecule has 0 fully saturated rings. The van der Waals surface area contributed by atoms with Crippen LogP contribution >= 0.6 is 0 Å². The monoisotopic (exact) mass is 270 g/mol. The molecule has 7 heteroatoms. The van der Waals surface area contributed by atoms with E-state index in [4.69, 9.17) is 0 Å². The van der Waals surface area contributed by atoms with Crippen LogP contribution in [0.5, 0.6) is 0 Å². The molecular weight excluding hydrogens is 249 g/mol. The van der Waals surface area contributed by atoms with Crippen LogP contribution in [0.2, 0.25) is 0 Å². The minimum absolute atomic E-state index is 0.151. The summed E-state index contributed by atoms with van der Waals surface area (Å²) in [6.07, 6.45) is -5.08. The average Bonchev–Trinajstić information content (AvgIpc) is 2.24. The van der Waals surface area contributed by atoms with Crippen molar-refractivity contribution in [1.82, 2.24) is 10.2 Å². The third-order valence-corrected chi connectivity index (χ3v) is 2.57. The Morgan fingerprint density at radius 3 is 2.33 bits per heavy atom. The number of esters is 1. The summed E-state index contributed by atoms with van der Waals surface area (Å²) >= 11 is 0. The van der Waals surface area contributed by atoms with Gasteiger partial charge in [0.2, 0.25) is 0 Å². The molecule has 108 valence electrons. The summed E-state index contributed by atoms with van der Waals surface area (Å²) in [6, 6.07) is 0. The molecule has 0 aromatic rings. The minimum Gasteiger partial charge on any atom is -0.468 e. The molecule has 0 radical (unpaired) electrons. The molecule has 0 aliphatic carbocycles. The first-order chi connectivity index (χ1) is 8.14. The van der Waals surface area contributed by atoms with Crippen LogP contribution in [0.4, 0.5) is 13.2 Å². The van der Waals surface area contributed by atoms with Crippen molar-refractivity contribution in [2.75, 3.05) is 33.8 Å². The van der Waals surface area contributed by atoms with Crippen LogP contribution in [-0.4, -0.2) is 56.4 Å². The Bertz CT molecular complexity index is 272. The van der Waals surface area contributed by atoms with Crippen LogP contribution in [0.15, 0.2) is 0 Å². The fourth-order valence-corrected chi connectivity index (χ4v) is 1.74. The summed E-state index contributed by atoms with van der Waals surface area (Å²) in [6.45, 7) is 3.97. The van der Waals surface area contributed by atoms with E-state index in [1.165, 1.54) is 12.0 Å². The second-order valence-electron chi connectivity index (χ2n) is 4.46. The number of halogens is 3. The summed E-state index contributed by atoms with van der Waals surface area (Å²) in [5, 5.41) is 2.94. The Labute approximate surface area is 105 Å². The quantitative estimate of drug-likeness (QED) is 0.710. The van der Waals surface area contributed by atoms with Crippen molar-refractivity contribution in [1.29, 1.82) is 0 Å². The highest BCUT2D eigenvalue weighted by atomic mass is 19.4. The SMILES string of the molecule is CCNC(C)(CN(C)CCC(F)(F)F)C(=O)OC. The maximum Gasteiger partial charge on any atom is 0.390 e. The van der Waals surface area contributed by atoms with E-state index in [-0.39, 0.29) is 13.1 Å². The number of ether oxygens (including phenoxy) is 1. The number of methoxy groups -OCH3 is 1. The number of hydrogen-bond acceptors (Lipinski definition) is 4. The molecule has 0 saturated carbocycles. The molecule has 0 amide bonds. The van der Waals surface area contributed by atoms with Crippen molar-refractivity contribution in [3.05, 3.63) is 0 Å². The standard InChI is InChI=1S/C11H21F3N2O2/c1-5-15-10(2,9(17)18-4)8-16(3)7-6-11(12,13)14/h15H,5-8H2,1-4H3. The van der Waals surface area contributed by atoms with Crippen LogP contribution in [0.3, 0.4) is 0 Å². The van der Waals surface area contributed by atoms with Gasteiger partial charge < -0.3 is 15.0 Å². The average molecular weight is 270 g/mol. The van der Waals surface area contributed by atoms with Crippen molar-refractivity contribution in [3.8, 4) is 0 Å². The smallest absolute Gasteiger partial charge is 0.390 e. The number of likely N-dealkylation sites (N-methyl/N-ethyl adjacent to an activating group) is 2. The Morgan fingerprint density at radius 1 is 1.39 bits per heavy atom. The van der Waals surface area contributed by atoms with Gasteiger partial charge in [-0.05, 0) is 20.5 Å². The Morgan fingerprint density at radius 2 is 1.94 bits per heavy atom. The number of carbonyl (C=O) groups excluding carboxylic acids is 1. The predicted octanol–water partition coefficient (Wildman–Crippen LogP) is 1.41. The van der Waals surface area contributed by atoms with Gasteiger partial charge in [0.1, 0.15) is 5.54 Å². The van der Waals surface area contributed by atoms with E-state index >= 15 is 0 Å². The number of nitrogens with zero attached hydrogens (tertiary/aromatic N) is 1. The molecule has 1 N–H and O–H groups in total. The van der Waals surface area contributed by atoms with Crippen LogP contribution < -0.4 is 5.32 Å². The fourth-order valence-electron chi connectivity index (χ4n) is 1.74. The number of rotatable bonds is 7. The van der Waals surface area contributed by atoms with E-state index in [1.54, 1.807) is 14.0 Å². The van der Waals surface area contributed by atoms with E-state index in [2.05, 4.69) is 10.1 Å². The molecule has 0 saturated heterocycles. The van der Waals surface area contributed by atoms with Gasteiger partial charge in [0, 0.05) is 13.1 Å². The summed E-state index contributed by atoms with van der Waals surface area (Å²) in [5.74, 6) is -0.483. The second kappa shape index (κ2) is 6.94.